The molecule has 0 unspecified atom stereocenters. The van der Waals surface area contributed by atoms with Crippen molar-refractivity contribution in [3.05, 3.63) is 0 Å². The Kier molecular flexibility index (Phi) is 2.97. The molecule has 0 aromatic heterocycles. The van der Waals surface area contributed by atoms with Gasteiger partial charge in [-0.15, -0.1) is 0 Å². The minimum absolute atomic E-state index is 0.300. The number of thioether (sulfide) groups is 1. The zero-order chi connectivity index (χ0) is 7.56. The van der Waals surface area contributed by atoms with Gasteiger partial charge in [0.2, 0.25) is 0 Å². The van der Waals surface area contributed by atoms with Crippen LogP contribution in [0.25, 0.3) is 0 Å². The van der Waals surface area contributed by atoms with Crippen LogP contribution in [-0.2, 0) is 0 Å². The Labute approximate surface area is 64.1 Å². The fourth-order valence-electron chi connectivity index (χ4n) is 0.940. The van der Waals surface area contributed by atoms with Crippen molar-refractivity contribution >= 4 is 11.8 Å². The topological polar surface area (TPSA) is 60.7 Å². The van der Waals surface area contributed by atoms with Gasteiger partial charge in [-0.05, 0) is 0 Å². The van der Waals surface area contributed by atoms with Gasteiger partial charge in [-0.25, -0.2) is 0 Å². The molecule has 3 atom stereocenters. The molecule has 0 aromatic rings. The number of rotatable bonds is 0. The Morgan fingerprint density at radius 3 is 2.40 bits per heavy atom. The first-order chi connectivity index (χ1) is 4.70. The lowest BCUT2D eigenvalue weighted by Crippen LogP contribution is -2.29. The van der Waals surface area contributed by atoms with Gasteiger partial charge in [0.1, 0.15) is 0 Å². The van der Waals surface area contributed by atoms with Crippen LogP contribution in [0.4, 0.5) is 0 Å². The molecule has 1 fully saturated rings. The summed E-state index contributed by atoms with van der Waals surface area (Å²) in [6.07, 6.45) is -1.57. The molecular formula is C6H12O3S. The van der Waals surface area contributed by atoms with Crippen molar-refractivity contribution in [3.63, 3.8) is 0 Å². The Bertz CT molecular complexity index is 109. The predicted molar refractivity (Wildman–Crippen MR) is 40.0 cm³/mol. The second-order valence-corrected chi connectivity index (χ2v) is 3.64. The van der Waals surface area contributed by atoms with E-state index in [4.69, 9.17) is 15.3 Å². The van der Waals surface area contributed by atoms with E-state index in [1.807, 2.05) is 0 Å². The van der Waals surface area contributed by atoms with Crippen LogP contribution in [0.5, 0.6) is 0 Å². The molecule has 0 bridgehead atoms. The Hall–Kier alpha value is 0.230. The van der Waals surface area contributed by atoms with Crippen molar-refractivity contribution in [2.75, 3.05) is 11.5 Å². The maximum Gasteiger partial charge on any atom is 0.0890 e. The zero-order valence-electron chi connectivity index (χ0n) is 5.60. The summed E-state index contributed by atoms with van der Waals surface area (Å²) in [5.41, 5.74) is 0. The Morgan fingerprint density at radius 1 is 1.00 bits per heavy atom. The standard InChI is InChI=1S/C6H12O3S/c7-4-1-5(8)6(9)3-10-2-4/h4-9H,1-3H2/t4-,5-,6+/m1/s1. The van der Waals surface area contributed by atoms with Crippen molar-refractivity contribution in [3.8, 4) is 0 Å². The molecule has 0 aromatic carbocycles. The second-order valence-electron chi connectivity index (χ2n) is 2.56. The highest BCUT2D eigenvalue weighted by atomic mass is 32.2. The van der Waals surface area contributed by atoms with E-state index in [1.165, 1.54) is 11.8 Å². The molecule has 0 radical (unpaired) electrons. The summed E-state index contributed by atoms with van der Waals surface area (Å²) < 4.78 is 0. The van der Waals surface area contributed by atoms with Gasteiger partial charge in [0.25, 0.3) is 0 Å². The van der Waals surface area contributed by atoms with Crippen LogP contribution < -0.4 is 0 Å². The van der Waals surface area contributed by atoms with Crippen LogP contribution in [0.15, 0.2) is 0 Å². The molecule has 0 aliphatic carbocycles. The molecule has 10 heavy (non-hydrogen) atoms. The first-order valence-electron chi connectivity index (χ1n) is 3.32. The van der Waals surface area contributed by atoms with Crippen LogP contribution in [0, 0.1) is 0 Å². The fraction of sp³-hybridized carbons (Fsp3) is 1.00. The molecule has 1 aliphatic rings. The van der Waals surface area contributed by atoms with Gasteiger partial charge in [0.05, 0.1) is 18.3 Å². The van der Waals surface area contributed by atoms with Crippen molar-refractivity contribution in [2.45, 2.75) is 24.7 Å². The molecular weight excluding hydrogens is 152 g/mol. The van der Waals surface area contributed by atoms with E-state index in [2.05, 4.69) is 0 Å². The first-order valence-corrected chi connectivity index (χ1v) is 4.47. The van der Waals surface area contributed by atoms with Crippen molar-refractivity contribution in [1.29, 1.82) is 0 Å². The highest BCUT2D eigenvalue weighted by Crippen LogP contribution is 2.17. The number of hydrogen-bond donors (Lipinski definition) is 3. The lowest BCUT2D eigenvalue weighted by molar-refractivity contribution is 0.00735. The number of hydrogen-bond acceptors (Lipinski definition) is 4. The molecule has 0 spiro atoms. The van der Waals surface area contributed by atoms with Gasteiger partial charge in [-0.2, -0.15) is 11.8 Å². The van der Waals surface area contributed by atoms with E-state index in [1.54, 1.807) is 0 Å². The summed E-state index contributed by atoms with van der Waals surface area (Å²) >= 11 is 1.48. The molecule has 0 saturated carbocycles. The summed E-state index contributed by atoms with van der Waals surface area (Å²) in [4.78, 5) is 0. The predicted octanol–water partition coefficient (Wildman–Crippen LogP) is -0.794. The van der Waals surface area contributed by atoms with E-state index >= 15 is 0 Å². The zero-order valence-corrected chi connectivity index (χ0v) is 6.42. The van der Waals surface area contributed by atoms with Gasteiger partial charge in [0, 0.05) is 17.9 Å². The Balaban J connectivity index is 2.41. The normalized spacial score (nSPS) is 42.9. The maximum absolute atomic E-state index is 9.10. The van der Waals surface area contributed by atoms with Gasteiger partial charge in [-0.1, -0.05) is 0 Å². The summed E-state index contributed by atoms with van der Waals surface area (Å²) in [6.45, 7) is 0. The van der Waals surface area contributed by atoms with Crippen LogP contribution in [0.3, 0.4) is 0 Å². The quantitative estimate of drug-likeness (QED) is 0.439. The Morgan fingerprint density at radius 2 is 1.70 bits per heavy atom. The molecule has 60 valence electrons. The molecule has 4 heteroatoms. The van der Waals surface area contributed by atoms with E-state index < -0.39 is 18.3 Å². The largest absolute Gasteiger partial charge is 0.392 e. The first kappa shape index (κ1) is 8.33. The summed E-state index contributed by atoms with van der Waals surface area (Å²) in [6, 6.07) is 0. The third-order valence-electron chi connectivity index (χ3n) is 1.56. The van der Waals surface area contributed by atoms with E-state index in [0.29, 0.717) is 17.9 Å². The van der Waals surface area contributed by atoms with Gasteiger partial charge >= 0.3 is 0 Å². The molecule has 1 aliphatic heterocycles. The molecule has 3 nitrogen and oxygen atoms in total. The summed E-state index contributed by atoms with van der Waals surface area (Å²) in [5, 5.41) is 27.3. The van der Waals surface area contributed by atoms with Gasteiger partial charge < -0.3 is 15.3 Å². The lowest BCUT2D eigenvalue weighted by atomic mass is 10.1. The second kappa shape index (κ2) is 3.57. The number of aliphatic hydroxyl groups is 3. The van der Waals surface area contributed by atoms with E-state index in [0.717, 1.165) is 0 Å². The molecule has 1 rings (SSSR count). The minimum atomic E-state index is -0.745. The molecule has 1 saturated heterocycles. The maximum atomic E-state index is 9.10. The molecule has 3 N–H and O–H groups in total. The van der Waals surface area contributed by atoms with Gasteiger partial charge in [0.15, 0.2) is 0 Å². The smallest absolute Gasteiger partial charge is 0.0890 e. The molecule has 1 heterocycles. The highest BCUT2D eigenvalue weighted by molar-refractivity contribution is 7.99. The monoisotopic (exact) mass is 164 g/mol. The van der Waals surface area contributed by atoms with Crippen LogP contribution >= 0.6 is 11.8 Å². The van der Waals surface area contributed by atoms with Gasteiger partial charge in [-0.3, -0.25) is 0 Å². The van der Waals surface area contributed by atoms with Crippen molar-refractivity contribution in [2.24, 2.45) is 0 Å². The minimum Gasteiger partial charge on any atom is -0.392 e. The van der Waals surface area contributed by atoms with Crippen LogP contribution in [0.1, 0.15) is 6.42 Å². The average Bonchev–Trinajstić information content (AvgIpc) is 1.96. The van der Waals surface area contributed by atoms with E-state index in [9.17, 15) is 0 Å². The third kappa shape index (κ3) is 2.12. The van der Waals surface area contributed by atoms with E-state index in [-0.39, 0.29) is 0 Å². The SMILES string of the molecule is O[C@H]1CSC[C@H](O)[C@H](O)C1. The van der Waals surface area contributed by atoms with Crippen LogP contribution in [-0.4, -0.2) is 45.1 Å². The highest BCUT2D eigenvalue weighted by Gasteiger charge is 2.23. The van der Waals surface area contributed by atoms with Crippen molar-refractivity contribution < 1.29 is 15.3 Å². The van der Waals surface area contributed by atoms with Crippen LogP contribution in [0.2, 0.25) is 0 Å². The van der Waals surface area contributed by atoms with Crippen molar-refractivity contribution in [1.82, 2.24) is 0 Å². The third-order valence-corrected chi connectivity index (χ3v) is 2.75. The fourth-order valence-corrected chi connectivity index (χ4v) is 1.95. The summed E-state index contributed by atoms with van der Waals surface area (Å²) in [5.74, 6) is 1.15. The lowest BCUT2D eigenvalue weighted by Gasteiger charge is -2.13. The average molecular weight is 164 g/mol. The number of aliphatic hydroxyl groups excluding tert-OH is 3. The molecule has 0 amide bonds. The summed E-state index contributed by atoms with van der Waals surface area (Å²) in [7, 11) is 0.